The summed E-state index contributed by atoms with van der Waals surface area (Å²) in [7, 11) is -3.65. The highest BCUT2D eigenvalue weighted by molar-refractivity contribution is 14.1. The zero-order valence-corrected chi connectivity index (χ0v) is 22.5. The fourth-order valence-corrected chi connectivity index (χ4v) is 6.07. The van der Waals surface area contributed by atoms with E-state index in [-0.39, 0.29) is 15.7 Å². The summed E-state index contributed by atoms with van der Waals surface area (Å²) in [4.78, 5) is 17.9. The lowest BCUT2D eigenvalue weighted by Gasteiger charge is -2.08. The van der Waals surface area contributed by atoms with E-state index < -0.39 is 9.84 Å². The lowest BCUT2D eigenvalue weighted by molar-refractivity contribution is 0.102. The molecule has 0 spiro atoms. The van der Waals surface area contributed by atoms with Gasteiger partial charge in [-0.15, -0.1) is 11.3 Å². The van der Waals surface area contributed by atoms with Gasteiger partial charge in [0.1, 0.15) is 5.01 Å². The lowest BCUT2D eigenvalue weighted by Crippen LogP contribution is -2.12. The summed E-state index contributed by atoms with van der Waals surface area (Å²) in [5.74, 6) is -0.325. The summed E-state index contributed by atoms with van der Waals surface area (Å²) < 4.78 is 26.7. The molecule has 0 aliphatic heterocycles. The molecular weight excluding hydrogens is 603 g/mol. The topological polar surface area (TPSA) is 76.1 Å². The summed E-state index contributed by atoms with van der Waals surface area (Å²) >= 11 is 3.69. The number of halogens is 1. The van der Waals surface area contributed by atoms with Gasteiger partial charge in [-0.05, 0) is 83.3 Å². The Morgan fingerprint density at radius 2 is 1.42 bits per heavy atom. The van der Waals surface area contributed by atoms with E-state index in [1.807, 2.05) is 60.0 Å². The number of rotatable bonds is 6. The van der Waals surface area contributed by atoms with Gasteiger partial charge in [-0.2, -0.15) is 0 Å². The van der Waals surface area contributed by atoms with Crippen molar-refractivity contribution < 1.29 is 13.2 Å². The van der Waals surface area contributed by atoms with Crippen molar-refractivity contribution in [3.63, 3.8) is 0 Å². The van der Waals surface area contributed by atoms with Crippen LogP contribution in [0.4, 0.5) is 5.69 Å². The molecule has 0 fully saturated rings. The fraction of sp³-hybridized carbons (Fsp3) is 0. The first-order chi connectivity index (χ1) is 17.4. The molecule has 1 amide bonds. The van der Waals surface area contributed by atoms with Crippen molar-refractivity contribution in [2.75, 3.05) is 5.32 Å². The van der Waals surface area contributed by atoms with Gasteiger partial charge in [-0.1, -0.05) is 42.5 Å². The summed E-state index contributed by atoms with van der Waals surface area (Å²) in [6.07, 6.45) is 0. The first-order valence-corrected chi connectivity index (χ1v) is 14.4. The highest BCUT2D eigenvalue weighted by atomic mass is 127. The normalized spacial score (nSPS) is 11.2. The van der Waals surface area contributed by atoms with Crippen molar-refractivity contribution in [1.29, 1.82) is 0 Å². The predicted octanol–water partition coefficient (Wildman–Crippen LogP) is 7.17. The molecule has 0 bridgehead atoms. The van der Waals surface area contributed by atoms with Crippen molar-refractivity contribution in [2.45, 2.75) is 9.79 Å². The molecule has 8 heteroatoms. The molecule has 5 rings (SSSR count). The maximum atomic E-state index is 12.9. The third-order valence-corrected chi connectivity index (χ3v) is 8.89. The number of nitrogens with zero attached hydrogens (tertiary/aromatic N) is 1. The van der Waals surface area contributed by atoms with Crippen LogP contribution >= 0.6 is 33.9 Å². The van der Waals surface area contributed by atoms with E-state index in [4.69, 9.17) is 4.98 Å². The molecule has 5 aromatic rings. The Bertz CT molecular complexity index is 1630. The van der Waals surface area contributed by atoms with Crippen LogP contribution in [0, 0.1) is 3.57 Å². The molecule has 0 saturated heterocycles. The van der Waals surface area contributed by atoms with Gasteiger partial charge >= 0.3 is 0 Å². The molecule has 36 heavy (non-hydrogen) atoms. The molecule has 0 radical (unpaired) electrons. The summed E-state index contributed by atoms with van der Waals surface area (Å²) in [5, 5.41) is 5.82. The summed E-state index contributed by atoms with van der Waals surface area (Å²) in [6, 6.07) is 30.1. The third-order valence-electron chi connectivity index (χ3n) is 5.49. The third kappa shape index (κ3) is 5.25. The van der Waals surface area contributed by atoms with Gasteiger partial charge in [-0.25, -0.2) is 13.4 Å². The number of benzene rings is 4. The van der Waals surface area contributed by atoms with Crippen LogP contribution in [0.5, 0.6) is 0 Å². The highest BCUT2D eigenvalue weighted by Crippen LogP contribution is 2.30. The Hall–Kier alpha value is -3.34. The molecule has 1 N–H and O–H groups in total. The molecule has 4 aromatic carbocycles. The monoisotopic (exact) mass is 622 g/mol. The number of nitrogens with one attached hydrogen (secondary N) is 1. The van der Waals surface area contributed by atoms with Gasteiger partial charge in [0.25, 0.3) is 5.91 Å². The molecule has 0 unspecified atom stereocenters. The van der Waals surface area contributed by atoms with Crippen LogP contribution in [0.2, 0.25) is 0 Å². The predicted molar refractivity (Wildman–Crippen MR) is 152 cm³/mol. The Kier molecular flexibility index (Phi) is 6.99. The molecule has 1 aromatic heterocycles. The first-order valence-electron chi connectivity index (χ1n) is 10.9. The minimum absolute atomic E-state index is 0.139. The minimum atomic E-state index is -3.65. The Morgan fingerprint density at radius 1 is 0.778 bits per heavy atom. The smallest absolute Gasteiger partial charge is 0.255 e. The molecule has 178 valence electrons. The van der Waals surface area contributed by atoms with Crippen molar-refractivity contribution in [1.82, 2.24) is 4.98 Å². The quantitative estimate of drug-likeness (QED) is 0.204. The number of carbonyl (C=O) groups excluding carboxylic acids is 1. The summed E-state index contributed by atoms with van der Waals surface area (Å²) in [6.45, 7) is 0. The average Bonchev–Trinajstić information content (AvgIpc) is 3.40. The van der Waals surface area contributed by atoms with E-state index in [9.17, 15) is 13.2 Å². The van der Waals surface area contributed by atoms with Crippen molar-refractivity contribution in [3.05, 3.63) is 118 Å². The zero-order valence-electron chi connectivity index (χ0n) is 18.8. The Labute approximate surface area is 226 Å². The van der Waals surface area contributed by atoms with Gasteiger partial charge in [-0.3, -0.25) is 4.79 Å². The van der Waals surface area contributed by atoms with Crippen LogP contribution < -0.4 is 5.32 Å². The number of carbonyl (C=O) groups is 1. The number of anilines is 1. The Morgan fingerprint density at radius 3 is 2.11 bits per heavy atom. The fourth-order valence-electron chi connectivity index (χ4n) is 3.61. The van der Waals surface area contributed by atoms with Crippen molar-refractivity contribution in [2.24, 2.45) is 0 Å². The van der Waals surface area contributed by atoms with E-state index in [1.165, 1.54) is 24.3 Å². The number of aromatic nitrogens is 1. The van der Waals surface area contributed by atoms with Gasteiger partial charge in [0.05, 0.1) is 15.5 Å². The van der Waals surface area contributed by atoms with Crippen LogP contribution in [-0.2, 0) is 9.84 Å². The molecule has 1 heterocycles. The van der Waals surface area contributed by atoms with E-state index in [1.54, 1.807) is 35.6 Å². The van der Waals surface area contributed by atoms with E-state index in [2.05, 4.69) is 27.9 Å². The largest absolute Gasteiger partial charge is 0.322 e. The molecular formula is C28H19IN2O3S2. The van der Waals surface area contributed by atoms with Gasteiger partial charge in [0, 0.05) is 31.3 Å². The number of thiazole rings is 1. The zero-order chi connectivity index (χ0) is 25.1. The second-order valence-corrected chi connectivity index (χ2v) is 12.0. The number of hydrogen-bond donors (Lipinski definition) is 1. The minimum Gasteiger partial charge on any atom is -0.322 e. The van der Waals surface area contributed by atoms with Crippen LogP contribution in [0.15, 0.2) is 118 Å². The van der Waals surface area contributed by atoms with Crippen molar-refractivity contribution >= 4 is 55.4 Å². The van der Waals surface area contributed by atoms with Crippen LogP contribution in [-0.4, -0.2) is 19.3 Å². The van der Waals surface area contributed by atoms with E-state index >= 15 is 0 Å². The average molecular weight is 623 g/mol. The molecule has 0 aliphatic carbocycles. The van der Waals surface area contributed by atoms with Gasteiger partial charge in [0.2, 0.25) is 9.84 Å². The number of sulfone groups is 1. The SMILES string of the molecule is O=C(Nc1cccc(-c2csc(-c3ccccc3)n2)c1)c1ccc(S(=O)(=O)c2ccc(I)cc2)cc1. The second kappa shape index (κ2) is 10.3. The number of amides is 1. The molecule has 0 aliphatic rings. The van der Waals surface area contributed by atoms with Crippen molar-refractivity contribution in [3.8, 4) is 21.8 Å². The van der Waals surface area contributed by atoms with Gasteiger partial charge < -0.3 is 5.32 Å². The molecule has 0 atom stereocenters. The number of hydrogen-bond acceptors (Lipinski definition) is 5. The molecule has 0 saturated carbocycles. The van der Waals surface area contributed by atoms with Crippen LogP contribution in [0.3, 0.4) is 0 Å². The van der Waals surface area contributed by atoms with Crippen LogP contribution in [0.25, 0.3) is 21.8 Å². The lowest BCUT2D eigenvalue weighted by atomic mass is 10.1. The highest BCUT2D eigenvalue weighted by Gasteiger charge is 2.18. The summed E-state index contributed by atoms with van der Waals surface area (Å²) in [5.41, 5.74) is 3.78. The second-order valence-electron chi connectivity index (χ2n) is 7.92. The maximum Gasteiger partial charge on any atom is 0.255 e. The Balaban J connectivity index is 1.32. The van der Waals surface area contributed by atoms with E-state index in [0.29, 0.717) is 11.3 Å². The molecule has 5 nitrogen and oxygen atoms in total. The van der Waals surface area contributed by atoms with E-state index in [0.717, 1.165) is 25.4 Å². The standard InChI is InChI=1S/C28H19IN2O3S2/c29-22-11-15-25(16-12-22)36(33,34)24-13-9-19(10-14-24)27(32)30-23-8-4-7-21(17-23)26-18-35-28(31-26)20-5-2-1-3-6-20/h1-18H,(H,30,32). The van der Waals surface area contributed by atoms with Crippen LogP contribution in [0.1, 0.15) is 10.4 Å². The first kappa shape index (κ1) is 24.4. The van der Waals surface area contributed by atoms with Gasteiger partial charge in [0.15, 0.2) is 0 Å². The maximum absolute atomic E-state index is 12.9.